The van der Waals surface area contributed by atoms with Crippen molar-refractivity contribution in [3.63, 3.8) is 0 Å². The number of rotatable bonds is 7. The second kappa shape index (κ2) is 8.18. The molecule has 1 aromatic carbocycles. The number of likely N-dealkylation sites (N-methyl/N-ethyl adjacent to an activating group) is 1. The molecular weight excluding hydrogens is 284 g/mol. The number of halogens is 2. The van der Waals surface area contributed by atoms with Crippen LogP contribution in [0.1, 0.15) is 12.8 Å². The maximum absolute atomic E-state index is 13.3. The number of nitrogens with zero attached hydrogens (tertiary/aromatic N) is 1. The molecule has 0 fully saturated rings. The van der Waals surface area contributed by atoms with Crippen molar-refractivity contribution in [1.29, 1.82) is 0 Å². The molecule has 0 unspecified atom stereocenters. The summed E-state index contributed by atoms with van der Waals surface area (Å²) in [5.41, 5.74) is 0. The van der Waals surface area contributed by atoms with Crippen molar-refractivity contribution in [2.24, 2.45) is 0 Å². The minimum absolute atomic E-state index is 0.187. The smallest absolute Gasteiger partial charge is 0.305 e. The number of carbonyl (C=O) groups excluding carboxylic acids is 2. The first-order valence-corrected chi connectivity index (χ1v) is 6.32. The van der Waals surface area contributed by atoms with E-state index in [4.69, 9.17) is 4.74 Å². The second-order valence-electron chi connectivity index (χ2n) is 4.36. The van der Waals surface area contributed by atoms with Crippen LogP contribution in [-0.2, 0) is 14.3 Å². The molecule has 0 atom stereocenters. The zero-order valence-electron chi connectivity index (χ0n) is 11.9. The monoisotopic (exact) mass is 301 g/mol. The second-order valence-corrected chi connectivity index (χ2v) is 4.36. The summed E-state index contributed by atoms with van der Waals surface area (Å²) in [7, 11) is 2.84. The highest BCUT2D eigenvalue weighted by atomic mass is 19.1. The van der Waals surface area contributed by atoms with Gasteiger partial charge in [0.1, 0.15) is 5.82 Å². The summed E-state index contributed by atoms with van der Waals surface area (Å²) in [6.07, 6.45) is 0.668. The lowest BCUT2D eigenvalue weighted by Crippen LogP contribution is -2.32. The Labute approximate surface area is 121 Å². The molecule has 0 aliphatic heterocycles. The van der Waals surface area contributed by atoms with E-state index in [-0.39, 0.29) is 30.7 Å². The van der Waals surface area contributed by atoms with E-state index >= 15 is 0 Å². The Bertz CT molecular complexity index is 508. The highest BCUT2D eigenvalue weighted by Gasteiger charge is 2.12. The maximum Gasteiger partial charge on any atom is 0.305 e. The van der Waals surface area contributed by atoms with Crippen LogP contribution in [0, 0.1) is 11.6 Å². The SMILES string of the molecule is COC(=O)CCCN(C)C(=O)COc1ccc(F)cc1F. The van der Waals surface area contributed by atoms with Gasteiger partial charge in [-0.1, -0.05) is 0 Å². The lowest BCUT2D eigenvalue weighted by molar-refractivity contribution is -0.141. The molecular formula is C14H17F2NO4. The number of carbonyl (C=O) groups is 2. The third kappa shape index (κ3) is 5.76. The van der Waals surface area contributed by atoms with Crippen LogP contribution in [0.2, 0.25) is 0 Å². The molecule has 1 aromatic rings. The van der Waals surface area contributed by atoms with E-state index in [0.29, 0.717) is 19.0 Å². The summed E-state index contributed by atoms with van der Waals surface area (Å²) < 4.78 is 35.5. The molecule has 0 saturated heterocycles. The molecule has 0 aliphatic carbocycles. The molecule has 0 N–H and O–H groups in total. The number of benzene rings is 1. The molecule has 7 heteroatoms. The van der Waals surface area contributed by atoms with Crippen LogP contribution in [0.3, 0.4) is 0 Å². The summed E-state index contributed by atoms with van der Waals surface area (Å²) in [6, 6.07) is 2.85. The molecule has 0 saturated carbocycles. The number of esters is 1. The Morgan fingerprint density at radius 2 is 2.00 bits per heavy atom. The van der Waals surface area contributed by atoms with E-state index < -0.39 is 11.6 Å². The maximum atomic E-state index is 13.3. The predicted molar refractivity (Wildman–Crippen MR) is 70.7 cm³/mol. The van der Waals surface area contributed by atoms with Crippen LogP contribution < -0.4 is 4.74 Å². The zero-order chi connectivity index (χ0) is 15.8. The van der Waals surface area contributed by atoms with Crippen molar-refractivity contribution in [3.05, 3.63) is 29.8 Å². The summed E-state index contributed by atoms with van der Waals surface area (Å²) in [4.78, 5) is 24.0. The van der Waals surface area contributed by atoms with E-state index in [1.807, 2.05) is 0 Å². The van der Waals surface area contributed by atoms with E-state index in [0.717, 1.165) is 12.1 Å². The number of hydrogen-bond acceptors (Lipinski definition) is 4. The van der Waals surface area contributed by atoms with Crippen LogP contribution in [-0.4, -0.2) is 44.1 Å². The fourth-order valence-corrected chi connectivity index (χ4v) is 1.53. The topological polar surface area (TPSA) is 55.8 Å². The van der Waals surface area contributed by atoms with Gasteiger partial charge in [-0.3, -0.25) is 9.59 Å². The third-order valence-electron chi connectivity index (χ3n) is 2.77. The summed E-state index contributed by atoms with van der Waals surface area (Å²) in [6.45, 7) is -0.0134. The first kappa shape index (κ1) is 16.9. The lowest BCUT2D eigenvalue weighted by Gasteiger charge is -2.17. The van der Waals surface area contributed by atoms with E-state index in [2.05, 4.69) is 4.74 Å². The quantitative estimate of drug-likeness (QED) is 0.720. The van der Waals surface area contributed by atoms with Crippen molar-refractivity contribution < 1.29 is 27.8 Å². The molecule has 1 amide bonds. The first-order valence-electron chi connectivity index (χ1n) is 6.32. The number of amides is 1. The van der Waals surface area contributed by atoms with Crippen molar-refractivity contribution in [3.8, 4) is 5.75 Å². The number of hydrogen-bond donors (Lipinski definition) is 0. The molecule has 0 radical (unpaired) electrons. The van der Waals surface area contributed by atoms with Crippen LogP contribution in [0.25, 0.3) is 0 Å². The van der Waals surface area contributed by atoms with Gasteiger partial charge in [-0.25, -0.2) is 8.78 Å². The van der Waals surface area contributed by atoms with E-state index in [1.165, 1.54) is 12.0 Å². The third-order valence-corrected chi connectivity index (χ3v) is 2.77. The minimum Gasteiger partial charge on any atom is -0.481 e. The molecule has 0 bridgehead atoms. The molecule has 0 aliphatic rings. The van der Waals surface area contributed by atoms with Gasteiger partial charge in [-0.05, 0) is 18.6 Å². The highest BCUT2D eigenvalue weighted by molar-refractivity contribution is 5.77. The van der Waals surface area contributed by atoms with Gasteiger partial charge in [0.15, 0.2) is 18.2 Å². The molecule has 21 heavy (non-hydrogen) atoms. The average Bonchev–Trinajstić information content (AvgIpc) is 2.45. The van der Waals surface area contributed by atoms with Crippen molar-refractivity contribution in [1.82, 2.24) is 4.90 Å². The molecule has 5 nitrogen and oxygen atoms in total. The Kier molecular flexibility index (Phi) is 6.58. The Morgan fingerprint density at radius 3 is 2.62 bits per heavy atom. The fraction of sp³-hybridized carbons (Fsp3) is 0.429. The van der Waals surface area contributed by atoms with Crippen LogP contribution in [0.5, 0.6) is 5.75 Å². The number of methoxy groups -OCH3 is 1. The van der Waals surface area contributed by atoms with E-state index in [1.54, 1.807) is 7.05 Å². The van der Waals surface area contributed by atoms with Gasteiger partial charge in [0.2, 0.25) is 0 Å². The molecule has 0 aromatic heterocycles. The molecule has 116 valence electrons. The van der Waals surface area contributed by atoms with E-state index in [9.17, 15) is 18.4 Å². The van der Waals surface area contributed by atoms with Crippen molar-refractivity contribution >= 4 is 11.9 Å². The van der Waals surface area contributed by atoms with Gasteiger partial charge >= 0.3 is 5.97 Å². The Hall–Kier alpha value is -2.18. The minimum atomic E-state index is -0.865. The highest BCUT2D eigenvalue weighted by Crippen LogP contribution is 2.17. The van der Waals surface area contributed by atoms with Gasteiger partial charge < -0.3 is 14.4 Å². The molecule has 0 spiro atoms. The fourth-order valence-electron chi connectivity index (χ4n) is 1.53. The summed E-state index contributed by atoms with van der Waals surface area (Å²) >= 11 is 0. The Morgan fingerprint density at radius 1 is 1.29 bits per heavy atom. The van der Waals surface area contributed by atoms with Gasteiger partial charge in [-0.2, -0.15) is 0 Å². The standard InChI is InChI=1S/C14H17F2NO4/c1-17(7-3-4-14(19)20-2)13(18)9-21-12-6-5-10(15)8-11(12)16/h5-6,8H,3-4,7,9H2,1-2H3. The van der Waals surface area contributed by atoms with Crippen LogP contribution in [0.15, 0.2) is 18.2 Å². The average molecular weight is 301 g/mol. The predicted octanol–water partition coefficient (Wildman–Crippen LogP) is 1.76. The van der Waals surface area contributed by atoms with Crippen molar-refractivity contribution in [2.45, 2.75) is 12.8 Å². The Balaban J connectivity index is 2.37. The van der Waals surface area contributed by atoms with Gasteiger partial charge in [-0.15, -0.1) is 0 Å². The zero-order valence-corrected chi connectivity index (χ0v) is 11.9. The normalized spacial score (nSPS) is 10.1. The van der Waals surface area contributed by atoms with Gasteiger partial charge in [0, 0.05) is 26.1 Å². The largest absolute Gasteiger partial charge is 0.481 e. The van der Waals surface area contributed by atoms with Gasteiger partial charge in [0.05, 0.1) is 7.11 Å². The first-order chi connectivity index (χ1) is 9.93. The number of ether oxygens (including phenoxy) is 2. The van der Waals surface area contributed by atoms with Gasteiger partial charge in [0.25, 0.3) is 5.91 Å². The lowest BCUT2D eigenvalue weighted by atomic mass is 10.3. The summed E-state index contributed by atoms with van der Waals surface area (Å²) in [5, 5.41) is 0. The van der Waals surface area contributed by atoms with Crippen molar-refractivity contribution in [2.75, 3.05) is 27.3 Å². The van der Waals surface area contributed by atoms with Crippen LogP contribution >= 0.6 is 0 Å². The molecule has 1 rings (SSSR count). The summed E-state index contributed by atoms with van der Waals surface area (Å²) in [5.74, 6) is -2.49. The molecule has 0 heterocycles. The van der Waals surface area contributed by atoms with Crippen LogP contribution in [0.4, 0.5) is 8.78 Å².